The number of hydrogen-bond acceptors (Lipinski definition) is 5. The molecule has 0 spiro atoms. The first-order chi connectivity index (χ1) is 9.97. The SMILES string of the molecule is CC(C)C[C@H](NC(=O)c1csc(-c2ccco2)n1)C(=O)O. The topological polar surface area (TPSA) is 92.4 Å². The first-order valence-electron chi connectivity index (χ1n) is 6.50. The molecule has 6 nitrogen and oxygen atoms in total. The number of thiazole rings is 1. The van der Waals surface area contributed by atoms with Crippen LogP contribution >= 0.6 is 11.3 Å². The van der Waals surface area contributed by atoms with E-state index in [1.165, 1.54) is 17.6 Å². The summed E-state index contributed by atoms with van der Waals surface area (Å²) in [5, 5.41) is 13.8. The van der Waals surface area contributed by atoms with Crippen LogP contribution in [0.3, 0.4) is 0 Å². The number of amides is 1. The van der Waals surface area contributed by atoms with Crippen LogP contribution < -0.4 is 5.32 Å². The molecule has 2 rings (SSSR count). The van der Waals surface area contributed by atoms with Crippen LogP contribution in [0, 0.1) is 5.92 Å². The van der Waals surface area contributed by atoms with Crippen molar-refractivity contribution in [3.63, 3.8) is 0 Å². The highest BCUT2D eigenvalue weighted by molar-refractivity contribution is 7.13. The summed E-state index contributed by atoms with van der Waals surface area (Å²) < 4.78 is 5.21. The van der Waals surface area contributed by atoms with Gasteiger partial charge in [0.05, 0.1) is 6.26 Å². The Morgan fingerprint density at radius 1 is 1.48 bits per heavy atom. The number of carboxylic acids is 1. The highest BCUT2D eigenvalue weighted by atomic mass is 32.1. The van der Waals surface area contributed by atoms with Crippen molar-refractivity contribution in [3.8, 4) is 10.8 Å². The largest absolute Gasteiger partial charge is 0.480 e. The van der Waals surface area contributed by atoms with Gasteiger partial charge in [0.2, 0.25) is 0 Å². The summed E-state index contributed by atoms with van der Waals surface area (Å²) in [6.45, 7) is 3.81. The number of hydrogen-bond donors (Lipinski definition) is 2. The highest BCUT2D eigenvalue weighted by Crippen LogP contribution is 2.23. The Morgan fingerprint density at radius 3 is 2.81 bits per heavy atom. The average molecular weight is 308 g/mol. The van der Waals surface area contributed by atoms with Gasteiger partial charge in [-0.3, -0.25) is 4.79 Å². The molecule has 0 saturated carbocycles. The van der Waals surface area contributed by atoms with Gasteiger partial charge >= 0.3 is 5.97 Å². The van der Waals surface area contributed by atoms with Crippen molar-refractivity contribution in [2.45, 2.75) is 26.3 Å². The normalized spacial score (nSPS) is 12.3. The number of carbonyl (C=O) groups is 2. The van der Waals surface area contributed by atoms with Gasteiger partial charge in [-0.05, 0) is 24.5 Å². The van der Waals surface area contributed by atoms with E-state index in [9.17, 15) is 9.59 Å². The van der Waals surface area contributed by atoms with Crippen LogP contribution in [0.1, 0.15) is 30.8 Å². The van der Waals surface area contributed by atoms with Gasteiger partial charge in [-0.25, -0.2) is 9.78 Å². The lowest BCUT2D eigenvalue weighted by molar-refractivity contribution is -0.139. The predicted octanol–water partition coefficient (Wildman–Crippen LogP) is 2.63. The van der Waals surface area contributed by atoms with Crippen molar-refractivity contribution in [1.29, 1.82) is 0 Å². The van der Waals surface area contributed by atoms with Gasteiger partial charge < -0.3 is 14.8 Å². The Morgan fingerprint density at radius 2 is 2.24 bits per heavy atom. The van der Waals surface area contributed by atoms with E-state index in [1.54, 1.807) is 17.5 Å². The molecule has 21 heavy (non-hydrogen) atoms. The molecule has 7 heteroatoms. The van der Waals surface area contributed by atoms with Crippen molar-refractivity contribution in [2.24, 2.45) is 5.92 Å². The summed E-state index contributed by atoms with van der Waals surface area (Å²) in [6.07, 6.45) is 1.90. The maximum Gasteiger partial charge on any atom is 0.326 e. The van der Waals surface area contributed by atoms with Crippen molar-refractivity contribution in [1.82, 2.24) is 10.3 Å². The van der Waals surface area contributed by atoms with Crippen molar-refractivity contribution >= 4 is 23.2 Å². The zero-order chi connectivity index (χ0) is 15.4. The van der Waals surface area contributed by atoms with Gasteiger partial charge in [-0.15, -0.1) is 11.3 Å². The Balaban J connectivity index is 2.07. The van der Waals surface area contributed by atoms with Crippen LogP contribution in [0.15, 0.2) is 28.2 Å². The van der Waals surface area contributed by atoms with Crippen LogP contribution in [-0.2, 0) is 4.79 Å². The second-order valence-corrected chi connectivity index (χ2v) is 5.87. The average Bonchev–Trinajstić information content (AvgIpc) is 3.08. The van der Waals surface area contributed by atoms with Crippen LogP contribution in [0.2, 0.25) is 0 Å². The number of furan rings is 1. The smallest absolute Gasteiger partial charge is 0.326 e. The molecular weight excluding hydrogens is 292 g/mol. The molecule has 0 aliphatic carbocycles. The minimum atomic E-state index is -1.04. The van der Waals surface area contributed by atoms with E-state index in [-0.39, 0.29) is 11.6 Å². The number of rotatable bonds is 6. The van der Waals surface area contributed by atoms with E-state index in [1.807, 2.05) is 13.8 Å². The molecule has 0 aliphatic rings. The first kappa shape index (κ1) is 15.2. The standard InChI is InChI=1S/C14H16N2O4S/c1-8(2)6-9(14(18)19)15-12(17)10-7-21-13(16-10)11-4-3-5-20-11/h3-5,7-9H,6H2,1-2H3,(H,15,17)(H,18,19)/t9-/m0/s1. The second-order valence-electron chi connectivity index (χ2n) is 5.01. The third-order valence-corrected chi connectivity index (χ3v) is 3.64. The second kappa shape index (κ2) is 6.53. The Hall–Kier alpha value is -2.15. The number of nitrogens with zero attached hydrogens (tertiary/aromatic N) is 1. The number of nitrogens with one attached hydrogen (secondary N) is 1. The molecule has 2 heterocycles. The number of aromatic nitrogens is 1. The van der Waals surface area contributed by atoms with Gasteiger partial charge in [0.1, 0.15) is 11.7 Å². The van der Waals surface area contributed by atoms with E-state index in [2.05, 4.69) is 10.3 Å². The van der Waals surface area contributed by atoms with E-state index in [0.29, 0.717) is 17.2 Å². The van der Waals surface area contributed by atoms with Crippen molar-refractivity contribution in [3.05, 3.63) is 29.5 Å². The van der Waals surface area contributed by atoms with Crippen molar-refractivity contribution in [2.75, 3.05) is 0 Å². The quantitative estimate of drug-likeness (QED) is 0.855. The summed E-state index contributed by atoms with van der Waals surface area (Å²) in [6, 6.07) is 2.57. The van der Waals surface area contributed by atoms with Crippen molar-refractivity contribution < 1.29 is 19.1 Å². The van der Waals surface area contributed by atoms with Crippen LogP contribution in [0.5, 0.6) is 0 Å². The van der Waals surface area contributed by atoms with Crippen LogP contribution in [0.4, 0.5) is 0 Å². The summed E-state index contributed by atoms with van der Waals surface area (Å²) >= 11 is 1.27. The monoisotopic (exact) mass is 308 g/mol. The maximum atomic E-state index is 12.1. The van der Waals surface area contributed by atoms with Gasteiger partial charge in [-0.1, -0.05) is 13.8 Å². The first-order valence-corrected chi connectivity index (χ1v) is 7.38. The molecule has 1 amide bonds. The fraction of sp³-hybridized carbons (Fsp3) is 0.357. The lowest BCUT2D eigenvalue weighted by atomic mass is 10.0. The molecule has 2 aromatic rings. The molecule has 0 aromatic carbocycles. The lowest BCUT2D eigenvalue weighted by Gasteiger charge is -2.15. The number of aliphatic carboxylic acids is 1. The van der Waals surface area contributed by atoms with Gasteiger partial charge in [-0.2, -0.15) is 0 Å². The molecule has 2 aromatic heterocycles. The molecule has 2 N–H and O–H groups in total. The van der Waals surface area contributed by atoms with E-state index < -0.39 is 17.9 Å². The Labute approximate surface area is 125 Å². The Bertz CT molecular complexity index is 619. The zero-order valence-corrected chi connectivity index (χ0v) is 12.5. The zero-order valence-electron chi connectivity index (χ0n) is 11.7. The molecule has 0 unspecified atom stereocenters. The van der Waals surface area contributed by atoms with Gasteiger partial charge in [0, 0.05) is 5.38 Å². The van der Waals surface area contributed by atoms with E-state index in [4.69, 9.17) is 9.52 Å². The van der Waals surface area contributed by atoms with E-state index in [0.717, 1.165) is 0 Å². The minimum Gasteiger partial charge on any atom is -0.480 e. The fourth-order valence-corrected chi connectivity index (χ4v) is 2.58. The lowest BCUT2D eigenvalue weighted by Crippen LogP contribution is -2.41. The summed E-state index contributed by atoms with van der Waals surface area (Å²) in [5.41, 5.74) is 0.196. The number of carbonyl (C=O) groups excluding carboxylic acids is 1. The fourth-order valence-electron chi connectivity index (χ4n) is 1.82. The van der Waals surface area contributed by atoms with Gasteiger partial charge in [0.25, 0.3) is 5.91 Å². The minimum absolute atomic E-state index is 0.167. The molecule has 0 aliphatic heterocycles. The predicted molar refractivity (Wildman–Crippen MR) is 78.2 cm³/mol. The molecule has 0 radical (unpaired) electrons. The summed E-state index contributed by atoms with van der Waals surface area (Å²) in [4.78, 5) is 27.4. The van der Waals surface area contributed by atoms with Crippen LogP contribution in [-0.4, -0.2) is 28.0 Å². The number of carboxylic acid groups (broad SMARTS) is 1. The molecule has 112 valence electrons. The van der Waals surface area contributed by atoms with E-state index >= 15 is 0 Å². The molecular formula is C14H16N2O4S. The molecule has 0 bridgehead atoms. The third kappa shape index (κ3) is 3.91. The molecule has 0 saturated heterocycles. The molecule has 0 fully saturated rings. The maximum absolute atomic E-state index is 12.1. The molecule has 1 atom stereocenters. The highest BCUT2D eigenvalue weighted by Gasteiger charge is 2.23. The summed E-state index contributed by atoms with van der Waals surface area (Å²) in [7, 11) is 0. The third-order valence-electron chi connectivity index (χ3n) is 2.78. The van der Waals surface area contributed by atoms with Crippen LogP contribution in [0.25, 0.3) is 10.8 Å². The van der Waals surface area contributed by atoms with Gasteiger partial charge in [0.15, 0.2) is 10.8 Å². The Kier molecular flexibility index (Phi) is 4.74. The summed E-state index contributed by atoms with van der Waals surface area (Å²) in [5.74, 6) is -0.785.